The summed E-state index contributed by atoms with van der Waals surface area (Å²) in [7, 11) is 0. The summed E-state index contributed by atoms with van der Waals surface area (Å²) in [6, 6.07) is 0.105. The topological polar surface area (TPSA) is 49.3 Å². The Bertz CT molecular complexity index is 224. The molecule has 0 aromatic rings. The van der Waals surface area contributed by atoms with Crippen molar-refractivity contribution in [2.24, 2.45) is 0 Å². The molecule has 2 N–H and O–H groups in total. The third kappa shape index (κ3) is 4.35. The maximum absolute atomic E-state index is 11.4. The molecule has 1 atom stereocenters. The number of aliphatic hydroxyl groups is 1. The van der Waals surface area contributed by atoms with E-state index in [0.29, 0.717) is 0 Å². The van der Waals surface area contributed by atoms with E-state index in [1.807, 2.05) is 0 Å². The number of aliphatic hydroxyl groups excluding tert-OH is 1. The van der Waals surface area contributed by atoms with Gasteiger partial charge in [-0.05, 0) is 12.8 Å². The lowest BCUT2D eigenvalue weighted by Gasteiger charge is -2.25. The second-order valence-electron chi connectivity index (χ2n) is 3.79. The third-order valence-electron chi connectivity index (χ3n) is 2.51. The van der Waals surface area contributed by atoms with Crippen LogP contribution in [0.25, 0.3) is 0 Å². The number of amides is 1. The smallest absolute Gasteiger partial charge is 0.253 e. The lowest BCUT2D eigenvalue weighted by Crippen LogP contribution is -2.47. The van der Waals surface area contributed by atoms with E-state index in [2.05, 4.69) is 5.32 Å². The monoisotopic (exact) mass is 273 g/mol. The van der Waals surface area contributed by atoms with E-state index in [1.54, 1.807) is 0 Å². The van der Waals surface area contributed by atoms with Crippen molar-refractivity contribution in [1.29, 1.82) is 0 Å². The van der Waals surface area contributed by atoms with Crippen LogP contribution < -0.4 is 5.32 Å². The van der Waals surface area contributed by atoms with Crippen LogP contribution in [0.2, 0.25) is 0 Å². The minimum absolute atomic E-state index is 0.105. The zero-order chi connectivity index (χ0) is 11.5. The second-order valence-corrected chi connectivity index (χ2v) is 6.16. The highest BCUT2D eigenvalue weighted by Gasteiger charge is 2.37. The molecule has 88 valence electrons. The van der Waals surface area contributed by atoms with Crippen LogP contribution in [0.3, 0.4) is 0 Å². The zero-order valence-electron chi connectivity index (χ0n) is 8.18. The Kier molecular flexibility index (Phi) is 4.97. The highest BCUT2D eigenvalue weighted by Crippen LogP contribution is 2.30. The first kappa shape index (κ1) is 13.4. The van der Waals surface area contributed by atoms with Crippen molar-refractivity contribution in [1.82, 2.24) is 5.32 Å². The number of nitrogens with one attached hydrogen (secondary N) is 1. The van der Waals surface area contributed by atoms with Gasteiger partial charge >= 0.3 is 0 Å². The lowest BCUT2D eigenvalue weighted by molar-refractivity contribution is -0.130. The second kappa shape index (κ2) is 5.58. The van der Waals surface area contributed by atoms with Crippen molar-refractivity contribution in [3.8, 4) is 0 Å². The molecule has 0 aromatic heterocycles. The Morgan fingerprint density at radius 1 is 1.27 bits per heavy atom. The molecule has 0 bridgehead atoms. The van der Waals surface area contributed by atoms with Gasteiger partial charge in [-0.25, -0.2) is 0 Å². The van der Waals surface area contributed by atoms with Gasteiger partial charge < -0.3 is 10.4 Å². The Morgan fingerprint density at radius 3 is 2.27 bits per heavy atom. The number of alkyl halides is 3. The van der Waals surface area contributed by atoms with E-state index >= 15 is 0 Å². The minimum atomic E-state index is -1.96. The van der Waals surface area contributed by atoms with Crippen molar-refractivity contribution >= 4 is 40.7 Å². The van der Waals surface area contributed by atoms with E-state index in [-0.39, 0.29) is 6.04 Å². The van der Waals surface area contributed by atoms with Gasteiger partial charge in [0.05, 0.1) is 0 Å². The first-order valence-electron chi connectivity index (χ1n) is 4.96. The zero-order valence-corrected chi connectivity index (χ0v) is 10.4. The van der Waals surface area contributed by atoms with Gasteiger partial charge in [0.15, 0.2) is 6.10 Å². The van der Waals surface area contributed by atoms with Crippen molar-refractivity contribution in [2.45, 2.75) is 48.0 Å². The van der Waals surface area contributed by atoms with Crippen molar-refractivity contribution in [3.05, 3.63) is 0 Å². The molecule has 1 rings (SSSR count). The van der Waals surface area contributed by atoms with Gasteiger partial charge in [0.1, 0.15) is 0 Å². The fraction of sp³-hybridized carbons (Fsp3) is 0.889. The normalized spacial score (nSPS) is 21.1. The van der Waals surface area contributed by atoms with Crippen LogP contribution in [0, 0.1) is 0 Å². The minimum Gasteiger partial charge on any atom is -0.379 e. The van der Waals surface area contributed by atoms with Crippen LogP contribution >= 0.6 is 34.8 Å². The Labute approximate surface area is 104 Å². The van der Waals surface area contributed by atoms with E-state index in [4.69, 9.17) is 34.8 Å². The summed E-state index contributed by atoms with van der Waals surface area (Å²) in [5.41, 5.74) is 0. The van der Waals surface area contributed by atoms with Gasteiger partial charge in [0, 0.05) is 6.04 Å². The average Bonchev–Trinajstić information content (AvgIpc) is 2.16. The third-order valence-corrected chi connectivity index (χ3v) is 3.13. The molecule has 1 amide bonds. The lowest BCUT2D eigenvalue weighted by atomic mass is 9.95. The number of rotatable bonds is 2. The fourth-order valence-corrected chi connectivity index (χ4v) is 1.97. The van der Waals surface area contributed by atoms with Crippen LogP contribution in [-0.4, -0.2) is 27.0 Å². The summed E-state index contributed by atoms with van der Waals surface area (Å²) < 4.78 is -1.96. The fourth-order valence-electron chi connectivity index (χ4n) is 1.68. The number of hydrogen-bond acceptors (Lipinski definition) is 2. The van der Waals surface area contributed by atoms with Crippen LogP contribution in [-0.2, 0) is 4.79 Å². The molecule has 1 unspecified atom stereocenters. The molecule has 0 saturated heterocycles. The van der Waals surface area contributed by atoms with Gasteiger partial charge in [0.25, 0.3) is 5.91 Å². The van der Waals surface area contributed by atoms with Gasteiger partial charge in [-0.15, -0.1) is 0 Å². The van der Waals surface area contributed by atoms with Crippen LogP contribution in [0.5, 0.6) is 0 Å². The molecule has 1 saturated carbocycles. The van der Waals surface area contributed by atoms with Gasteiger partial charge in [0.2, 0.25) is 3.79 Å². The highest BCUT2D eigenvalue weighted by atomic mass is 35.6. The predicted molar refractivity (Wildman–Crippen MR) is 61.3 cm³/mol. The number of halogens is 3. The summed E-state index contributed by atoms with van der Waals surface area (Å²) >= 11 is 16.2. The number of carbonyl (C=O) groups excluding carboxylic acids is 1. The summed E-state index contributed by atoms with van der Waals surface area (Å²) in [5, 5.41) is 12.1. The first-order chi connectivity index (χ1) is 6.91. The Hall–Kier alpha value is 0.300. The van der Waals surface area contributed by atoms with Gasteiger partial charge in [-0.1, -0.05) is 54.1 Å². The largest absolute Gasteiger partial charge is 0.379 e. The predicted octanol–water partition coefficient (Wildman–Crippen LogP) is 2.17. The number of hydrogen-bond donors (Lipinski definition) is 2. The van der Waals surface area contributed by atoms with Crippen molar-refractivity contribution < 1.29 is 9.90 Å². The standard InChI is InChI=1S/C9H14Cl3NO2/c10-9(11,12)7(14)8(15)13-6-4-2-1-3-5-6/h6-7,14H,1-5H2,(H,13,15). The van der Waals surface area contributed by atoms with E-state index < -0.39 is 15.8 Å². The molecule has 1 aliphatic carbocycles. The van der Waals surface area contributed by atoms with E-state index in [1.165, 1.54) is 6.42 Å². The summed E-state index contributed by atoms with van der Waals surface area (Å²) in [6.07, 6.45) is 3.63. The molecule has 0 aliphatic heterocycles. The molecule has 15 heavy (non-hydrogen) atoms. The molecule has 6 heteroatoms. The molecule has 1 fully saturated rings. The summed E-state index contributed by atoms with van der Waals surface area (Å²) in [4.78, 5) is 11.4. The van der Waals surface area contributed by atoms with E-state index in [0.717, 1.165) is 25.7 Å². The summed E-state index contributed by atoms with van der Waals surface area (Å²) in [6.45, 7) is 0. The first-order valence-corrected chi connectivity index (χ1v) is 6.10. The molecule has 1 aliphatic rings. The molecule has 3 nitrogen and oxygen atoms in total. The quantitative estimate of drug-likeness (QED) is 0.758. The molecule has 0 radical (unpaired) electrons. The Morgan fingerprint density at radius 2 is 1.80 bits per heavy atom. The van der Waals surface area contributed by atoms with Crippen LogP contribution in [0.1, 0.15) is 32.1 Å². The van der Waals surface area contributed by atoms with Crippen molar-refractivity contribution in [2.75, 3.05) is 0 Å². The molecular weight excluding hydrogens is 260 g/mol. The maximum Gasteiger partial charge on any atom is 0.253 e. The SMILES string of the molecule is O=C(NC1CCCCC1)C(O)C(Cl)(Cl)Cl. The van der Waals surface area contributed by atoms with Gasteiger partial charge in [-0.2, -0.15) is 0 Å². The Balaban J connectivity index is 2.40. The van der Waals surface area contributed by atoms with Gasteiger partial charge in [-0.3, -0.25) is 4.79 Å². The van der Waals surface area contributed by atoms with E-state index in [9.17, 15) is 9.90 Å². The molecule has 0 aromatic carbocycles. The van der Waals surface area contributed by atoms with Crippen LogP contribution in [0.4, 0.5) is 0 Å². The molecule has 0 spiro atoms. The van der Waals surface area contributed by atoms with Crippen LogP contribution in [0.15, 0.2) is 0 Å². The highest BCUT2D eigenvalue weighted by molar-refractivity contribution is 6.68. The summed E-state index contributed by atoms with van der Waals surface area (Å²) in [5.74, 6) is -0.609. The molecular formula is C9H14Cl3NO2. The van der Waals surface area contributed by atoms with Crippen molar-refractivity contribution in [3.63, 3.8) is 0 Å². The maximum atomic E-state index is 11.4. The number of carbonyl (C=O) groups is 1. The average molecular weight is 275 g/mol. The molecule has 0 heterocycles.